The molecule has 1 saturated heterocycles. The molecular weight excluding hydrogens is 345 g/mol. The van der Waals surface area contributed by atoms with Crippen molar-refractivity contribution in [3.05, 3.63) is 64.7 Å². The molecule has 2 amide bonds. The number of hydrogen-bond donors (Lipinski definition) is 0. The minimum atomic E-state index is -0.479. The van der Waals surface area contributed by atoms with Crippen LogP contribution in [-0.4, -0.2) is 52.8 Å². The highest BCUT2D eigenvalue weighted by atomic mass is 35.5. The highest BCUT2D eigenvalue weighted by Gasteiger charge is 2.26. The zero-order valence-electron chi connectivity index (χ0n) is 13.5. The van der Waals surface area contributed by atoms with Gasteiger partial charge in [0.1, 0.15) is 5.82 Å². The Morgan fingerprint density at radius 2 is 1.68 bits per heavy atom. The van der Waals surface area contributed by atoms with Crippen LogP contribution in [0.3, 0.4) is 0 Å². The van der Waals surface area contributed by atoms with Crippen LogP contribution in [0.25, 0.3) is 0 Å². The van der Waals surface area contributed by atoms with E-state index in [0.717, 1.165) is 11.6 Å². The molecule has 1 aromatic heterocycles. The Balaban J connectivity index is 1.58. The first-order chi connectivity index (χ1) is 12.0. The maximum absolute atomic E-state index is 13.1. The highest BCUT2D eigenvalue weighted by Crippen LogP contribution is 2.20. The number of amides is 2. The van der Waals surface area contributed by atoms with E-state index in [1.165, 1.54) is 12.1 Å². The van der Waals surface area contributed by atoms with Crippen molar-refractivity contribution in [2.24, 2.45) is 0 Å². The maximum atomic E-state index is 13.1. The molecule has 7 heteroatoms. The topological polar surface area (TPSA) is 53.5 Å². The molecule has 0 aliphatic carbocycles. The van der Waals surface area contributed by atoms with E-state index in [1.807, 2.05) is 12.1 Å². The fraction of sp³-hybridized carbons (Fsp3) is 0.278. The average Bonchev–Trinajstić information content (AvgIpc) is 2.62. The lowest BCUT2D eigenvalue weighted by Gasteiger charge is -2.35. The van der Waals surface area contributed by atoms with Gasteiger partial charge < -0.3 is 9.80 Å². The summed E-state index contributed by atoms with van der Waals surface area (Å²) in [6.07, 6.45) is 3.64. The van der Waals surface area contributed by atoms with Crippen molar-refractivity contribution < 1.29 is 14.0 Å². The molecule has 1 aliphatic rings. The van der Waals surface area contributed by atoms with Gasteiger partial charge in [-0.15, -0.1) is 0 Å². The van der Waals surface area contributed by atoms with Crippen LogP contribution in [0.5, 0.6) is 0 Å². The number of benzene rings is 1. The van der Waals surface area contributed by atoms with Crippen LogP contribution in [0.2, 0.25) is 5.02 Å². The van der Waals surface area contributed by atoms with Gasteiger partial charge >= 0.3 is 0 Å². The Hall–Kier alpha value is -2.47. The summed E-state index contributed by atoms with van der Waals surface area (Å²) in [5.41, 5.74) is 1.19. The second-order valence-electron chi connectivity index (χ2n) is 5.83. The molecule has 1 aliphatic heterocycles. The first-order valence-corrected chi connectivity index (χ1v) is 8.33. The van der Waals surface area contributed by atoms with Gasteiger partial charge in [0.05, 0.1) is 17.0 Å². The van der Waals surface area contributed by atoms with Crippen LogP contribution >= 0.6 is 11.6 Å². The van der Waals surface area contributed by atoms with Gasteiger partial charge in [0.2, 0.25) is 5.91 Å². The lowest BCUT2D eigenvalue weighted by Crippen LogP contribution is -2.51. The van der Waals surface area contributed by atoms with Crippen molar-refractivity contribution in [2.75, 3.05) is 26.2 Å². The molecule has 1 aromatic carbocycles. The van der Waals surface area contributed by atoms with E-state index >= 15 is 0 Å². The molecule has 0 N–H and O–H groups in total. The van der Waals surface area contributed by atoms with E-state index in [0.29, 0.717) is 32.6 Å². The summed E-state index contributed by atoms with van der Waals surface area (Å²) in [5.74, 6) is -0.697. The number of carbonyl (C=O) groups is 2. The van der Waals surface area contributed by atoms with Gasteiger partial charge in [0.25, 0.3) is 5.91 Å². The van der Waals surface area contributed by atoms with Crippen LogP contribution in [0.15, 0.2) is 42.7 Å². The molecule has 0 atom stereocenters. The minimum Gasteiger partial charge on any atom is -0.339 e. The van der Waals surface area contributed by atoms with Crippen LogP contribution in [0.1, 0.15) is 15.9 Å². The van der Waals surface area contributed by atoms with E-state index in [4.69, 9.17) is 11.6 Å². The number of piperazine rings is 1. The molecule has 0 radical (unpaired) electrons. The number of hydrogen-bond acceptors (Lipinski definition) is 3. The molecule has 25 heavy (non-hydrogen) atoms. The predicted molar refractivity (Wildman–Crippen MR) is 91.8 cm³/mol. The van der Waals surface area contributed by atoms with Gasteiger partial charge in [-0.2, -0.15) is 0 Å². The molecule has 130 valence electrons. The summed E-state index contributed by atoms with van der Waals surface area (Å²) in [5, 5.41) is 0.0983. The van der Waals surface area contributed by atoms with Gasteiger partial charge in [-0.3, -0.25) is 14.6 Å². The molecule has 0 bridgehead atoms. The van der Waals surface area contributed by atoms with E-state index < -0.39 is 5.82 Å². The number of carbonyl (C=O) groups excluding carboxylic acids is 2. The first kappa shape index (κ1) is 17.4. The number of aromatic nitrogens is 1. The molecule has 2 heterocycles. The SMILES string of the molecule is O=C(Cc1ccncc1)N1CCN(C(=O)c2ccc(F)cc2Cl)CC1. The number of nitrogens with zero attached hydrogens (tertiary/aromatic N) is 3. The minimum absolute atomic E-state index is 0.0260. The second kappa shape index (κ2) is 7.61. The van der Waals surface area contributed by atoms with Crippen LogP contribution in [0.4, 0.5) is 4.39 Å². The fourth-order valence-electron chi connectivity index (χ4n) is 2.78. The summed E-state index contributed by atoms with van der Waals surface area (Å²) in [6.45, 7) is 1.78. The summed E-state index contributed by atoms with van der Waals surface area (Å²) >= 11 is 5.96. The van der Waals surface area contributed by atoms with Crippen molar-refractivity contribution >= 4 is 23.4 Å². The average molecular weight is 362 g/mol. The van der Waals surface area contributed by atoms with Crippen LogP contribution in [0, 0.1) is 5.82 Å². The Kier molecular flexibility index (Phi) is 5.28. The zero-order chi connectivity index (χ0) is 17.8. The van der Waals surface area contributed by atoms with E-state index in [2.05, 4.69) is 4.98 Å². The normalized spacial score (nSPS) is 14.5. The predicted octanol–water partition coefficient (Wildman–Crippen LogP) is 2.40. The molecule has 3 rings (SSSR count). The Labute approximate surface area is 150 Å². The van der Waals surface area contributed by atoms with Crippen molar-refractivity contribution in [3.8, 4) is 0 Å². The van der Waals surface area contributed by atoms with Crippen molar-refractivity contribution in [3.63, 3.8) is 0 Å². The maximum Gasteiger partial charge on any atom is 0.255 e. The first-order valence-electron chi connectivity index (χ1n) is 7.95. The van der Waals surface area contributed by atoms with Crippen molar-refractivity contribution in [1.29, 1.82) is 0 Å². The number of halogens is 2. The summed E-state index contributed by atoms with van der Waals surface area (Å²) in [4.78, 5) is 32.2. The lowest BCUT2D eigenvalue weighted by molar-refractivity contribution is -0.131. The monoisotopic (exact) mass is 361 g/mol. The molecule has 0 saturated carbocycles. The molecule has 0 unspecified atom stereocenters. The molecular formula is C18H17ClFN3O2. The summed E-state index contributed by atoms with van der Waals surface area (Å²) < 4.78 is 13.1. The quantitative estimate of drug-likeness (QED) is 0.843. The van der Waals surface area contributed by atoms with Gasteiger partial charge in [-0.25, -0.2) is 4.39 Å². The van der Waals surface area contributed by atoms with Gasteiger partial charge in [-0.05, 0) is 35.9 Å². The zero-order valence-corrected chi connectivity index (χ0v) is 14.2. The van der Waals surface area contributed by atoms with Crippen LogP contribution < -0.4 is 0 Å². The smallest absolute Gasteiger partial charge is 0.255 e. The third kappa shape index (κ3) is 4.14. The van der Waals surface area contributed by atoms with E-state index in [9.17, 15) is 14.0 Å². The highest BCUT2D eigenvalue weighted by molar-refractivity contribution is 6.33. The summed E-state index contributed by atoms with van der Waals surface area (Å²) in [6, 6.07) is 7.36. The van der Waals surface area contributed by atoms with Gasteiger partial charge in [-0.1, -0.05) is 11.6 Å². The van der Waals surface area contributed by atoms with Crippen molar-refractivity contribution in [2.45, 2.75) is 6.42 Å². The van der Waals surface area contributed by atoms with Gasteiger partial charge in [0.15, 0.2) is 0 Å². The third-order valence-corrected chi connectivity index (χ3v) is 4.50. The molecule has 2 aromatic rings. The lowest BCUT2D eigenvalue weighted by atomic mass is 10.1. The Morgan fingerprint density at radius 1 is 1.04 bits per heavy atom. The Bertz CT molecular complexity index is 777. The fourth-order valence-corrected chi connectivity index (χ4v) is 3.03. The molecule has 0 spiro atoms. The van der Waals surface area contributed by atoms with E-state index in [-0.39, 0.29) is 22.4 Å². The molecule has 1 fully saturated rings. The van der Waals surface area contributed by atoms with E-state index in [1.54, 1.807) is 22.2 Å². The van der Waals surface area contributed by atoms with Crippen molar-refractivity contribution in [1.82, 2.24) is 14.8 Å². The second-order valence-corrected chi connectivity index (χ2v) is 6.24. The van der Waals surface area contributed by atoms with Crippen LogP contribution in [-0.2, 0) is 11.2 Å². The summed E-state index contributed by atoms with van der Waals surface area (Å²) in [7, 11) is 0. The number of rotatable bonds is 3. The standard InChI is InChI=1S/C18H17ClFN3O2/c19-16-12-14(20)1-2-15(16)18(25)23-9-7-22(8-10-23)17(24)11-13-3-5-21-6-4-13/h1-6,12H,7-11H2. The molecule has 5 nitrogen and oxygen atoms in total. The number of pyridine rings is 1. The largest absolute Gasteiger partial charge is 0.339 e. The third-order valence-electron chi connectivity index (χ3n) is 4.19. The Morgan fingerprint density at radius 3 is 2.32 bits per heavy atom. The van der Waals surface area contributed by atoms with Gasteiger partial charge in [0, 0.05) is 38.6 Å².